The molecule has 0 radical (unpaired) electrons. The van der Waals surface area contributed by atoms with E-state index < -0.39 is 0 Å². The molecule has 3 aliphatic rings. The molecule has 0 spiro atoms. The Labute approximate surface area is 122 Å². The van der Waals surface area contributed by atoms with Crippen molar-refractivity contribution in [2.24, 2.45) is 0 Å². The molecular formula is C13H9I2N. The van der Waals surface area contributed by atoms with Crippen LogP contribution in [0.15, 0.2) is 44.7 Å². The van der Waals surface area contributed by atoms with Crippen molar-refractivity contribution in [3.8, 4) is 11.8 Å². The lowest BCUT2D eigenvalue weighted by Gasteiger charge is -2.15. The van der Waals surface area contributed by atoms with Crippen LogP contribution in [0.5, 0.6) is 0 Å². The molecule has 0 saturated heterocycles. The van der Waals surface area contributed by atoms with Crippen molar-refractivity contribution in [1.82, 2.24) is 5.32 Å². The van der Waals surface area contributed by atoms with Crippen molar-refractivity contribution in [2.75, 3.05) is 0 Å². The fourth-order valence-corrected chi connectivity index (χ4v) is 3.67. The van der Waals surface area contributed by atoms with E-state index >= 15 is 0 Å². The summed E-state index contributed by atoms with van der Waals surface area (Å²) in [6.45, 7) is 0. The number of rotatable bonds is 0. The van der Waals surface area contributed by atoms with E-state index in [2.05, 4.69) is 80.6 Å². The number of nitrogens with one attached hydrogen (secondary N) is 1. The maximum atomic E-state index is 3.50. The van der Waals surface area contributed by atoms with E-state index in [0.29, 0.717) is 3.92 Å². The Kier molecular flexibility index (Phi) is 2.88. The fraction of sp³-hybridized carbons (Fsp3) is 0.231. The summed E-state index contributed by atoms with van der Waals surface area (Å²) in [5, 5.41) is 3.50. The second kappa shape index (κ2) is 4.22. The first-order chi connectivity index (χ1) is 7.75. The zero-order valence-electron chi connectivity index (χ0n) is 8.43. The second-order valence-electron chi connectivity index (χ2n) is 3.93. The Morgan fingerprint density at radius 3 is 3.19 bits per heavy atom. The molecule has 0 fully saturated rings. The van der Waals surface area contributed by atoms with Gasteiger partial charge in [0.1, 0.15) is 6.04 Å². The minimum atomic E-state index is 0.188. The molecular weight excluding hydrogens is 424 g/mol. The minimum absolute atomic E-state index is 0.188. The summed E-state index contributed by atoms with van der Waals surface area (Å²) >= 11 is 4.86. The molecule has 0 aromatic carbocycles. The topological polar surface area (TPSA) is 12.0 Å². The van der Waals surface area contributed by atoms with Gasteiger partial charge in [0, 0.05) is 19.3 Å². The zero-order chi connectivity index (χ0) is 11.1. The van der Waals surface area contributed by atoms with Gasteiger partial charge in [-0.25, -0.2) is 0 Å². The summed E-state index contributed by atoms with van der Waals surface area (Å²) in [6, 6.07) is 0.188. The standard InChI is InChI=1S/C13H9I2N/c14-8-3-1-5-11-9(7-8)13-10(15)4-2-6-12(13)16-11/h2-3,6-7,10-11,16H,4H2. The largest absolute Gasteiger partial charge is 0.368 e. The average Bonchev–Trinajstić information content (AvgIpc) is 2.48. The Hall–Kier alpha value is -0.220. The summed E-state index contributed by atoms with van der Waals surface area (Å²) in [5.41, 5.74) is 4.08. The first-order valence-corrected chi connectivity index (χ1v) is 7.48. The number of hydrogen-bond acceptors (Lipinski definition) is 1. The van der Waals surface area contributed by atoms with E-state index in [9.17, 15) is 0 Å². The molecule has 2 aliphatic carbocycles. The molecule has 80 valence electrons. The zero-order valence-corrected chi connectivity index (χ0v) is 12.7. The summed E-state index contributed by atoms with van der Waals surface area (Å²) in [4.78, 5) is 0. The van der Waals surface area contributed by atoms with E-state index in [1.807, 2.05) is 6.08 Å². The highest BCUT2D eigenvalue weighted by Crippen LogP contribution is 2.38. The molecule has 1 aliphatic heterocycles. The summed E-state index contributed by atoms with van der Waals surface area (Å²) in [5.74, 6) is 6.37. The van der Waals surface area contributed by atoms with Gasteiger partial charge in [0.25, 0.3) is 0 Å². The highest BCUT2D eigenvalue weighted by Gasteiger charge is 2.32. The molecule has 3 rings (SSSR count). The molecule has 1 N–H and O–H groups in total. The Morgan fingerprint density at radius 1 is 1.44 bits per heavy atom. The lowest BCUT2D eigenvalue weighted by atomic mass is 9.95. The highest BCUT2D eigenvalue weighted by molar-refractivity contribution is 14.1. The van der Waals surface area contributed by atoms with Gasteiger partial charge in [0.05, 0.1) is 0 Å². The number of halogens is 2. The fourth-order valence-electron chi connectivity index (χ4n) is 2.19. The molecule has 0 saturated carbocycles. The molecule has 2 unspecified atom stereocenters. The molecule has 2 atom stereocenters. The van der Waals surface area contributed by atoms with Crippen LogP contribution in [0.25, 0.3) is 0 Å². The van der Waals surface area contributed by atoms with E-state index in [0.717, 1.165) is 6.42 Å². The average molecular weight is 433 g/mol. The van der Waals surface area contributed by atoms with Crippen LogP contribution in [0.3, 0.4) is 0 Å². The third-order valence-corrected chi connectivity index (χ3v) is 4.64. The van der Waals surface area contributed by atoms with Gasteiger partial charge in [-0.1, -0.05) is 40.5 Å². The normalized spacial score (nSPS) is 30.4. The maximum Gasteiger partial charge on any atom is 0.114 e. The van der Waals surface area contributed by atoms with E-state index in [-0.39, 0.29) is 6.04 Å². The maximum absolute atomic E-state index is 3.50. The molecule has 0 bridgehead atoms. The van der Waals surface area contributed by atoms with E-state index in [4.69, 9.17) is 0 Å². The van der Waals surface area contributed by atoms with Crippen LogP contribution in [0, 0.1) is 11.8 Å². The predicted molar refractivity (Wildman–Crippen MR) is 83.5 cm³/mol. The van der Waals surface area contributed by atoms with Crippen molar-refractivity contribution in [3.63, 3.8) is 0 Å². The van der Waals surface area contributed by atoms with Crippen LogP contribution in [-0.2, 0) is 0 Å². The number of allylic oxidation sites excluding steroid dienone is 5. The van der Waals surface area contributed by atoms with Gasteiger partial charge in [-0.2, -0.15) is 0 Å². The number of fused-ring (bicyclic) bond motifs is 2. The van der Waals surface area contributed by atoms with Crippen LogP contribution in [0.2, 0.25) is 0 Å². The molecule has 1 heterocycles. The summed E-state index contributed by atoms with van der Waals surface area (Å²) < 4.78 is 1.79. The van der Waals surface area contributed by atoms with Crippen molar-refractivity contribution in [3.05, 3.63) is 44.7 Å². The van der Waals surface area contributed by atoms with Crippen molar-refractivity contribution >= 4 is 45.2 Å². The van der Waals surface area contributed by atoms with Gasteiger partial charge in [-0.05, 0) is 52.3 Å². The highest BCUT2D eigenvalue weighted by atomic mass is 127. The molecule has 3 heteroatoms. The SMILES string of the molecule is IC1=CC#CC2NC3=C(C2=C1)C(I)CC=C3. The predicted octanol–water partition coefficient (Wildman–Crippen LogP) is 3.24. The van der Waals surface area contributed by atoms with Gasteiger partial charge in [-0.3, -0.25) is 0 Å². The molecule has 1 nitrogen and oxygen atoms in total. The summed E-state index contributed by atoms with van der Waals surface area (Å²) in [7, 11) is 0. The Balaban J connectivity index is 2.12. The Morgan fingerprint density at radius 2 is 2.31 bits per heavy atom. The van der Waals surface area contributed by atoms with Gasteiger partial charge < -0.3 is 5.32 Å². The van der Waals surface area contributed by atoms with Crippen LogP contribution in [0.4, 0.5) is 0 Å². The second-order valence-corrected chi connectivity index (χ2v) is 6.68. The summed E-state index contributed by atoms with van der Waals surface area (Å²) in [6.07, 6.45) is 9.78. The van der Waals surface area contributed by atoms with Crippen LogP contribution >= 0.6 is 45.2 Å². The quantitative estimate of drug-likeness (QED) is 0.352. The van der Waals surface area contributed by atoms with Crippen molar-refractivity contribution in [1.29, 1.82) is 0 Å². The molecule has 0 amide bonds. The van der Waals surface area contributed by atoms with Crippen molar-refractivity contribution in [2.45, 2.75) is 16.4 Å². The molecule has 0 aromatic heterocycles. The van der Waals surface area contributed by atoms with E-state index in [1.165, 1.54) is 20.4 Å². The smallest absolute Gasteiger partial charge is 0.114 e. The van der Waals surface area contributed by atoms with Gasteiger partial charge in [0.15, 0.2) is 0 Å². The monoisotopic (exact) mass is 433 g/mol. The van der Waals surface area contributed by atoms with Gasteiger partial charge in [-0.15, -0.1) is 0 Å². The van der Waals surface area contributed by atoms with Gasteiger partial charge in [0.2, 0.25) is 0 Å². The first-order valence-electron chi connectivity index (χ1n) is 5.16. The minimum Gasteiger partial charge on any atom is -0.368 e. The number of hydrogen-bond donors (Lipinski definition) is 1. The number of alkyl halides is 1. The molecule has 16 heavy (non-hydrogen) atoms. The Bertz CT molecular complexity index is 526. The molecule has 0 aromatic rings. The third-order valence-electron chi connectivity index (χ3n) is 2.88. The van der Waals surface area contributed by atoms with Crippen molar-refractivity contribution < 1.29 is 0 Å². The third kappa shape index (κ3) is 1.76. The lowest BCUT2D eigenvalue weighted by molar-refractivity contribution is 0.847. The van der Waals surface area contributed by atoms with E-state index in [1.54, 1.807) is 0 Å². The van der Waals surface area contributed by atoms with Gasteiger partial charge >= 0.3 is 0 Å². The lowest BCUT2D eigenvalue weighted by Crippen LogP contribution is -2.21. The first kappa shape index (κ1) is 10.9. The van der Waals surface area contributed by atoms with Crippen LogP contribution in [0.1, 0.15) is 6.42 Å². The van der Waals surface area contributed by atoms with Crippen LogP contribution in [-0.4, -0.2) is 9.97 Å². The van der Waals surface area contributed by atoms with Crippen LogP contribution < -0.4 is 5.32 Å².